The second-order valence-corrected chi connectivity index (χ2v) is 5.15. The molecule has 4 nitrogen and oxygen atoms in total. The fourth-order valence-electron chi connectivity index (χ4n) is 3.22. The van der Waals surface area contributed by atoms with E-state index in [9.17, 15) is 0 Å². The Bertz CT molecular complexity index is 381. The molecule has 2 fully saturated rings. The standard InChI is InChI=1S/C13H20N4/c1-2-14-12-6-13(16-9-15-12)17-7-10-4-3-5-11(10)8-17/h6,9-11H,2-5,7-8H2,1H3,(H,14,15,16). The summed E-state index contributed by atoms with van der Waals surface area (Å²) < 4.78 is 0. The van der Waals surface area contributed by atoms with Crippen LogP contribution in [0.1, 0.15) is 26.2 Å². The minimum Gasteiger partial charge on any atom is -0.370 e. The molecule has 2 heterocycles. The van der Waals surface area contributed by atoms with Crippen molar-refractivity contribution in [2.75, 3.05) is 29.9 Å². The van der Waals surface area contributed by atoms with Gasteiger partial charge in [-0.3, -0.25) is 0 Å². The quantitative estimate of drug-likeness (QED) is 0.867. The summed E-state index contributed by atoms with van der Waals surface area (Å²) in [7, 11) is 0. The Morgan fingerprint density at radius 2 is 2.06 bits per heavy atom. The van der Waals surface area contributed by atoms with Crippen molar-refractivity contribution in [3.05, 3.63) is 12.4 Å². The van der Waals surface area contributed by atoms with E-state index in [-0.39, 0.29) is 0 Å². The molecule has 0 spiro atoms. The average molecular weight is 232 g/mol. The zero-order chi connectivity index (χ0) is 11.7. The Labute approximate surface area is 102 Å². The molecule has 1 saturated carbocycles. The van der Waals surface area contributed by atoms with Gasteiger partial charge in [0.25, 0.3) is 0 Å². The molecule has 0 aromatic carbocycles. The smallest absolute Gasteiger partial charge is 0.134 e. The van der Waals surface area contributed by atoms with Crippen LogP contribution in [0.25, 0.3) is 0 Å². The van der Waals surface area contributed by atoms with Gasteiger partial charge >= 0.3 is 0 Å². The number of fused-ring (bicyclic) bond motifs is 1. The lowest BCUT2D eigenvalue weighted by Gasteiger charge is -2.18. The van der Waals surface area contributed by atoms with Crippen LogP contribution >= 0.6 is 0 Å². The molecule has 2 atom stereocenters. The number of anilines is 2. The molecule has 92 valence electrons. The third-order valence-corrected chi connectivity index (χ3v) is 4.06. The van der Waals surface area contributed by atoms with E-state index < -0.39 is 0 Å². The van der Waals surface area contributed by atoms with E-state index in [2.05, 4.69) is 33.2 Å². The van der Waals surface area contributed by atoms with Gasteiger partial charge in [-0.1, -0.05) is 6.42 Å². The number of rotatable bonds is 3. The molecule has 1 N–H and O–H groups in total. The van der Waals surface area contributed by atoms with Gasteiger partial charge in [0.2, 0.25) is 0 Å². The van der Waals surface area contributed by atoms with E-state index in [0.717, 1.165) is 30.0 Å². The first-order valence-electron chi connectivity index (χ1n) is 6.67. The summed E-state index contributed by atoms with van der Waals surface area (Å²) in [6.07, 6.45) is 5.91. The maximum atomic E-state index is 4.41. The Morgan fingerprint density at radius 1 is 1.29 bits per heavy atom. The van der Waals surface area contributed by atoms with Crippen LogP contribution in [0.5, 0.6) is 0 Å². The van der Waals surface area contributed by atoms with E-state index in [1.165, 1.54) is 32.4 Å². The molecule has 1 aromatic rings. The highest BCUT2D eigenvalue weighted by Gasteiger charge is 2.36. The maximum Gasteiger partial charge on any atom is 0.134 e. The van der Waals surface area contributed by atoms with Crippen LogP contribution in [0.3, 0.4) is 0 Å². The van der Waals surface area contributed by atoms with Crippen molar-refractivity contribution in [1.29, 1.82) is 0 Å². The van der Waals surface area contributed by atoms with Crippen LogP contribution in [0.2, 0.25) is 0 Å². The van der Waals surface area contributed by atoms with Crippen LogP contribution in [0.15, 0.2) is 12.4 Å². The van der Waals surface area contributed by atoms with E-state index >= 15 is 0 Å². The molecule has 1 saturated heterocycles. The zero-order valence-corrected chi connectivity index (χ0v) is 10.4. The number of nitrogens with zero attached hydrogens (tertiary/aromatic N) is 3. The fraction of sp³-hybridized carbons (Fsp3) is 0.692. The monoisotopic (exact) mass is 232 g/mol. The summed E-state index contributed by atoms with van der Waals surface area (Å²) in [5.74, 6) is 3.85. The molecule has 3 rings (SSSR count). The SMILES string of the molecule is CCNc1cc(N2CC3CCCC3C2)ncn1. The van der Waals surface area contributed by atoms with Crippen LogP contribution in [-0.2, 0) is 0 Å². The summed E-state index contributed by atoms with van der Waals surface area (Å²) in [5, 5.41) is 3.24. The predicted octanol–water partition coefficient (Wildman–Crippen LogP) is 2.14. The predicted molar refractivity (Wildman–Crippen MR) is 69.2 cm³/mol. The summed E-state index contributed by atoms with van der Waals surface area (Å²) >= 11 is 0. The molecular weight excluding hydrogens is 212 g/mol. The molecule has 2 aliphatic rings. The average Bonchev–Trinajstić information content (AvgIpc) is 2.89. The lowest BCUT2D eigenvalue weighted by molar-refractivity contribution is 0.494. The summed E-state index contributed by atoms with van der Waals surface area (Å²) in [6, 6.07) is 2.07. The largest absolute Gasteiger partial charge is 0.370 e. The van der Waals surface area contributed by atoms with Gasteiger partial charge in [-0.25, -0.2) is 9.97 Å². The second kappa shape index (κ2) is 4.51. The van der Waals surface area contributed by atoms with Gasteiger partial charge in [-0.05, 0) is 31.6 Å². The summed E-state index contributed by atoms with van der Waals surface area (Å²) in [5.41, 5.74) is 0. The molecule has 1 aliphatic carbocycles. The third-order valence-electron chi connectivity index (χ3n) is 4.06. The topological polar surface area (TPSA) is 41.0 Å². The third kappa shape index (κ3) is 2.08. The first-order valence-corrected chi connectivity index (χ1v) is 6.67. The second-order valence-electron chi connectivity index (χ2n) is 5.15. The van der Waals surface area contributed by atoms with E-state index in [4.69, 9.17) is 0 Å². The van der Waals surface area contributed by atoms with E-state index in [0.29, 0.717) is 0 Å². The number of hydrogen-bond acceptors (Lipinski definition) is 4. The van der Waals surface area contributed by atoms with Gasteiger partial charge < -0.3 is 10.2 Å². The van der Waals surface area contributed by atoms with Gasteiger partial charge in [0.15, 0.2) is 0 Å². The number of hydrogen-bond donors (Lipinski definition) is 1. The van der Waals surface area contributed by atoms with Crippen LogP contribution in [0.4, 0.5) is 11.6 Å². The molecule has 0 radical (unpaired) electrons. The Balaban J connectivity index is 1.74. The molecule has 0 amide bonds. The van der Waals surface area contributed by atoms with Gasteiger partial charge in [0, 0.05) is 25.7 Å². The highest BCUT2D eigenvalue weighted by molar-refractivity contribution is 5.49. The van der Waals surface area contributed by atoms with Crippen molar-refractivity contribution in [2.24, 2.45) is 11.8 Å². The van der Waals surface area contributed by atoms with E-state index in [1.54, 1.807) is 6.33 Å². The molecule has 2 unspecified atom stereocenters. The minimum absolute atomic E-state index is 0.904. The Kier molecular flexibility index (Phi) is 2.87. The van der Waals surface area contributed by atoms with Gasteiger partial charge in [-0.15, -0.1) is 0 Å². The molecule has 1 aliphatic heterocycles. The van der Waals surface area contributed by atoms with Crippen molar-refractivity contribution < 1.29 is 0 Å². The zero-order valence-electron chi connectivity index (χ0n) is 10.4. The van der Waals surface area contributed by atoms with Gasteiger partial charge in [-0.2, -0.15) is 0 Å². The lowest BCUT2D eigenvalue weighted by atomic mass is 10.0. The minimum atomic E-state index is 0.904. The van der Waals surface area contributed by atoms with Gasteiger partial charge in [0.1, 0.15) is 18.0 Å². The molecule has 4 heteroatoms. The highest BCUT2D eigenvalue weighted by atomic mass is 15.2. The lowest BCUT2D eigenvalue weighted by Crippen LogP contribution is -2.22. The Hall–Kier alpha value is -1.32. The molecule has 1 aromatic heterocycles. The Morgan fingerprint density at radius 3 is 2.76 bits per heavy atom. The van der Waals surface area contributed by atoms with Crippen molar-refractivity contribution in [2.45, 2.75) is 26.2 Å². The molecule has 17 heavy (non-hydrogen) atoms. The van der Waals surface area contributed by atoms with Crippen molar-refractivity contribution in [1.82, 2.24) is 9.97 Å². The van der Waals surface area contributed by atoms with Crippen molar-refractivity contribution in [3.8, 4) is 0 Å². The molecule has 0 bridgehead atoms. The van der Waals surface area contributed by atoms with Crippen molar-refractivity contribution in [3.63, 3.8) is 0 Å². The first-order chi connectivity index (χ1) is 8.36. The van der Waals surface area contributed by atoms with E-state index in [1.807, 2.05) is 0 Å². The fourth-order valence-corrected chi connectivity index (χ4v) is 3.22. The number of nitrogens with one attached hydrogen (secondary N) is 1. The van der Waals surface area contributed by atoms with Gasteiger partial charge in [0.05, 0.1) is 0 Å². The highest BCUT2D eigenvalue weighted by Crippen LogP contribution is 2.39. The summed E-state index contributed by atoms with van der Waals surface area (Å²) in [4.78, 5) is 11.1. The first kappa shape index (κ1) is 10.8. The van der Waals surface area contributed by atoms with Crippen LogP contribution in [0, 0.1) is 11.8 Å². The van der Waals surface area contributed by atoms with Crippen LogP contribution < -0.4 is 10.2 Å². The summed E-state index contributed by atoms with van der Waals surface area (Å²) in [6.45, 7) is 5.37. The normalized spacial score (nSPS) is 27.2. The molecular formula is C13H20N4. The van der Waals surface area contributed by atoms with Crippen LogP contribution in [-0.4, -0.2) is 29.6 Å². The van der Waals surface area contributed by atoms with Crippen molar-refractivity contribution >= 4 is 11.6 Å². The maximum absolute atomic E-state index is 4.41. The number of aromatic nitrogens is 2.